The molecule has 0 saturated heterocycles. The highest BCUT2D eigenvalue weighted by molar-refractivity contribution is 7.89. The fraction of sp³-hybridized carbons (Fsp3) is 0.250. The van der Waals surface area contributed by atoms with Crippen molar-refractivity contribution >= 4 is 72.7 Å². The van der Waals surface area contributed by atoms with E-state index in [1.807, 2.05) is 0 Å². The van der Waals surface area contributed by atoms with Crippen molar-refractivity contribution in [2.24, 2.45) is 0 Å². The van der Waals surface area contributed by atoms with Crippen LogP contribution < -0.4 is 5.32 Å². The van der Waals surface area contributed by atoms with E-state index >= 15 is 0 Å². The van der Waals surface area contributed by atoms with E-state index < -0.39 is 32.8 Å². The van der Waals surface area contributed by atoms with Gasteiger partial charge in [-0.05, 0) is 35.7 Å². The van der Waals surface area contributed by atoms with Gasteiger partial charge in [0.05, 0.1) is 9.77 Å². The highest BCUT2D eigenvalue weighted by Crippen LogP contribution is 2.37. The normalized spacial score (nSPS) is 12.2. The van der Waals surface area contributed by atoms with Gasteiger partial charge in [-0.3, -0.25) is 14.9 Å². The number of alkyl halides is 5. The summed E-state index contributed by atoms with van der Waals surface area (Å²) in [5.41, 5.74) is -0.149. The number of hydrogen-bond acceptors (Lipinski definition) is 7. The summed E-state index contributed by atoms with van der Waals surface area (Å²) in [7, 11) is -3.90. The Morgan fingerprint density at radius 1 is 1.06 bits per heavy atom. The van der Waals surface area contributed by atoms with E-state index in [1.165, 1.54) is 30.3 Å². The SMILES string of the molecule is O=C(Nc1nc(-c2cccs2)c(C(=O)C(F)(F)F)s1)c1ccc(S(=O)(=O)N(CCCl)CCCl)cc1. The van der Waals surface area contributed by atoms with E-state index in [-0.39, 0.29) is 46.1 Å². The zero-order valence-corrected chi connectivity index (χ0v) is 21.5. The zero-order chi connectivity index (χ0) is 25.8. The van der Waals surface area contributed by atoms with Crippen LogP contribution in [-0.4, -0.2) is 60.4 Å². The van der Waals surface area contributed by atoms with Gasteiger partial charge in [-0.25, -0.2) is 13.4 Å². The number of nitrogens with one attached hydrogen (secondary N) is 1. The van der Waals surface area contributed by atoms with Crippen LogP contribution >= 0.6 is 45.9 Å². The van der Waals surface area contributed by atoms with Gasteiger partial charge in [0.2, 0.25) is 10.0 Å². The predicted molar refractivity (Wildman–Crippen MR) is 130 cm³/mol. The third kappa shape index (κ3) is 6.40. The van der Waals surface area contributed by atoms with Crippen molar-refractivity contribution in [3.05, 3.63) is 52.2 Å². The standard InChI is InChI=1S/C20H16Cl2F3N3O4S3/c21-7-9-28(10-8-22)35(31,32)13-5-3-12(4-6-13)18(30)27-19-26-15(14-2-1-11-33-14)16(34-19)17(29)20(23,24)25/h1-6,11H,7-10H2,(H,26,27,30). The molecule has 0 atom stereocenters. The number of Topliss-reactive ketones (excluding diaryl/α,β-unsaturated/α-hetero) is 1. The maximum Gasteiger partial charge on any atom is 0.455 e. The highest BCUT2D eigenvalue weighted by Gasteiger charge is 2.42. The predicted octanol–water partition coefficient (Wildman–Crippen LogP) is 5.34. The monoisotopic (exact) mass is 585 g/mol. The second-order valence-corrected chi connectivity index (χ2v) is 11.4. The number of nitrogens with zero attached hydrogens (tertiary/aromatic N) is 2. The number of hydrogen-bond donors (Lipinski definition) is 1. The van der Waals surface area contributed by atoms with Crippen LogP contribution in [0.3, 0.4) is 0 Å². The average Bonchev–Trinajstić information content (AvgIpc) is 3.48. The molecule has 7 nitrogen and oxygen atoms in total. The van der Waals surface area contributed by atoms with Crippen LogP contribution in [0, 0.1) is 0 Å². The summed E-state index contributed by atoms with van der Waals surface area (Å²) in [5, 5.41) is 3.77. The van der Waals surface area contributed by atoms with Crippen LogP contribution in [0.4, 0.5) is 18.3 Å². The fourth-order valence-electron chi connectivity index (χ4n) is 2.87. The minimum Gasteiger partial charge on any atom is -0.298 e. The lowest BCUT2D eigenvalue weighted by Gasteiger charge is -2.20. The van der Waals surface area contributed by atoms with Crippen LogP contribution in [0.25, 0.3) is 10.6 Å². The summed E-state index contributed by atoms with van der Waals surface area (Å²) in [5.74, 6) is -2.68. The first-order valence-electron chi connectivity index (χ1n) is 9.68. The molecule has 2 aromatic heterocycles. The fourth-order valence-corrected chi connectivity index (χ4v) is 6.64. The Labute approximate surface area is 216 Å². The van der Waals surface area contributed by atoms with Gasteiger partial charge in [-0.1, -0.05) is 17.4 Å². The summed E-state index contributed by atoms with van der Waals surface area (Å²) >= 11 is 12.8. The number of carbonyl (C=O) groups excluding carboxylic acids is 2. The van der Waals surface area contributed by atoms with Crippen molar-refractivity contribution in [3.8, 4) is 10.6 Å². The minimum atomic E-state index is -5.11. The topological polar surface area (TPSA) is 96.4 Å². The van der Waals surface area contributed by atoms with Gasteiger partial charge in [0.15, 0.2) is 5.13 Å². The zero-order valence-electron chi connectivity index (χ0n) is 17.5. The molecule has 0 spiro atoms. The number of thiazole rings is 1. The molecule has 0 aliphatic rings. The average molecular weight is 586 g/mol. The molecule has 0 fully saturated rings. The van der Waals surface area contributed by atoms with Crippen LogP contribution in [0.1, 0.15) is 20.0 Å². The molecule has 3 rings (SSSR count). The lowest BCUT2D eigenvalue weighted by atomic mass is 10.2. The summed E-state index contributed by atoms with van der Waals surface area (Å²) in [6, 6.07) is 8.04. The van der Waals surface area contributed by atoms with Crippen molar-refractivity contribution in [1.82, 2.24) is 9.29 Å². The molecule has 0 aliphatic carbocycles. The lowest BCUT2D eigenvalue weighted by molar-refractivity contribution is -0.0882. The van der Waals surface area contributed by atoms with Gasteiger partial charge >= 0.3 is 6.18 Å². The molecule has 2 heterocycles. The Morgan fingerprint density at radius 2 is 1.69 bits per heavy atom. The van der Waals surface area contributed by atoms with Gasteiger partial charge in [0, 0.05) is 30.4 Å². The number of ketones is 1. The third-order valence-corrected chi connectivity index (χ3v) is 8.59. The molecule has 0 bridgehead atoms. The lowest BCUT2D eigenvalue weighted by Crippen LogP contribution is -2.34. The molecular formula is C20H16Cl2F3N3O4S3. The molecule has 35 heavy (non-hydrogen) atoms. The second kappa shape index (κ2) is 11.4. The number of carbonyl (C=O) groups is 2. The number of anilines is 1. The van der Waals surface area contributed by atoms with E-state index in [0.29, 0.717) is 16.2 Å². The maximum absolute atomic E-state index is 13.1. The van der Waals surface area contributed by atoms with Crippen molar-refractivity contribution in [2.75, 3.05) is 30.2 Å². The van der Waals surface area contributed by atoms with Crippen LogP contribution in [0.5, 0.6) is 0 Å². The van der Waals surface area contributed by atoms with Gasteiger partial charge < -0.3 is 0 Å². The smallest absolute Gasteiger partial charge is 0.298 e. The Morgan fingerprint density at radius 3 is 2.20 bits per heavy atom. The number of sulfonamides is 1. The minimum absolute atomic E-state index is 0.0294. The van der Waals surface area contributed by atoms with Crippen molar-refractivity contribution in [3.63, 3.8) is 0 Å². The Kier molecular flexibility index (Phi) is 8.94. The summed E-state index contributed by atoms with van der Waals surface area (Å²) in [6.45, 7) is 0.100. The van der Waals surface area contributed by atoms with Crippen molar-refractivity contribution in [1.29, 1.82) is 0 Å². The third-order valence-electron chi connectivity index (χ3n) is 4.49. The number of amides is 1. The summed E-state index contributed by atoms with van der Waals surface area (Å²) in [6.07, 6.45) is -5.11. The van der Waals surface area contributed by atoms with Crippen molar-refractivity contribution in [2.45, 2.75) is 11.1 Å². The molecule has 15 heteroatoms. The van der Waals surface area contributed by atoms with Crippen LogP contribution in [0.15, 0.2) is 46.7 Å². The molecule has 0 saturated carbocycles. The second-order valence-electron chi connectivity index (χ2n) is 6.76. The molecule has 0 aliphatic heterocycles. The van der Waals surface area contributed by atoms with Crippen LogP contribution in [-0.2, 0) is 10.0 Å². The number of benzene rings is 1. The molecular weight excluding hydrogens is 570 g/mol. The molecule has 1 aromatic carbocycles. The largest absolute Gasteiger partial charge is 0.455 e. The Bertz CT molecular complexity index is 1290. The quantitative estimate of drug-likeness (QED) is 0.256. The first kappa shape index (κ1) is 27.6. The highest BCUT2D eigenvalue weighted by atomic mass is 35.5. The molecule has 1 N–H and O–H groups in total. The van der Waals surface area contributed by atoms with Gasteiger partial charge in [0.25, 0.3) is 11.7 Å². The number of aromatic nitrogens is 1. The van der Waals surface area contributed by atoms with E-state index in [2.05, 4.69) is 10.3 Å². The number of halogens is 5. The summed E-state index contributed by atoms with van der Waals surface area (Å²) in [4.78, 5) is 28.2. The molecule has 3 aromatic rings. The molecule has 0 unspecified atom stereocenters. The Hall–Kier alpha value is -2.03. The van der Waals surface area contributed by atoms with Gasteiger partial charge in [-0.15, -0.1) is 34.5 Å². The van der Waals surface area contributed by atoms with Gasteiger partial charge in [-0.2, -0.15) is 17.5 Å². The maximum atomic E-state index is 13.1. The van der Waals surface area contributed by atoms with E-state index in [0.717, 1.165) is 15.6 Å². The van der Waals surface area contributed by atoms with Gasteiger partial charge in [0.1, 0.15) is 10.6 Å². The Balaban J connectivity index is 1.85. The van der Waals surface area contributed by atoms with Crippen molar-refractivity contribution < 1.29 is 31.2 Å². The molecule has 0 radical (unpaired) electrons. The molecule has 188 valence electrons. The number of rotatable bonds is 10. The van der Waals surface area contributed by atoms with E-state index in [9.17, 15) is 31.2 Å². The van der Waals surface area contributed by atoms with Crippen LogP contribution in [0.2, 0.25) is 0 Å². The summed E-state index contributed by atoms with van der Waals surface area (Å²) < 4.78 is 65.8. The number of thiophene rings is 1. The first-order valence-corrected chi connectivity index (χ1v) is 13.9. The van der Waals surface area contributed by atoms with E-state index in [4.69, 9.17) is 23.2 Å². The van der Waals surface area contributed by atoms with E-state index in [1.54, 1.807) is 11.4 Å². The first-order chi connectivity index (χ1) is 16.5. The molecule has 1 amide bonds.